The van der Waals surface area contributed by atoms with Crippen molar-refractivity contribution in [2.24, 2.45) is 0 Å². The number of nitriles is 1. The van der Waals surface area contributed by atoms with Gasteiger partial charge in [-0.1, -0.05) is 36.4 Å². The monoisotopic (exact) mass is 342 g/mol. The number of pyridine rings is 1. The number of phenols is 2. The molecule has 2 heterocycles. The molecule has 6 heteroatoms. The first-order chi connectivity index (χ1) is 12.6. The lowest BCUT2D eigenvalue weighted by Crippen LogP contribution is -1.96. The molecule has 0 radical (unpaired) electrons. The van der Waals surface area contributed by atoms with E-state index in [2.05, 4.69) is 21.3 Å². The van der Waals surface area contributed by atoms with E-state index >= 15 is 0 Å². The Morgan fingerprint density at radius 3 is 2.46 bits per heavy atom. The minimum absolute atomic E-state index is 0.218. The number of hydrogen-bond donors (Lipinski definition) is 3. The number of fused-ring (bicyclic) bond motifs is 1. The summed E-state index contributed by atoms with van der Waals surface area (Å²) in [5.41, 5.74) is 4.21. The number of hydrogen-bond acceptors (Lipinski definition) is 5. The van der Waals surface area contributed by atoms with E-state index in [1.807, 2.05) is 37.3 Å². The van der Waals surface area contributed by atoms with Crippen LogP contribution in [-0.4, -0.2) is 25.4 Å². The molecular weight excluding hydrogens is 328 g/mol. The third-order valence-electron chi connectivity index (χ3n) is 4.31. The van der Waals surface area contributed by atoms with Crippen LogP contribution in [-0.2, 0) is 0 Å². The number of aromatic nitrogens is 3. The molecule has 0 aliphatic rings. The van der Waals surface area contributed by atoms with Crippen LogP contribution in [0.3, 0.4) is 0 Å². The van der Waals surface area contributed by atoms with Crippen molar-refractivity contribution < 1.29 is 10.2 Å². The lowest BCUT2D eigenvalue weighted by Gasteiger charge is -2.12. The van der Waals surface area contributed by atoms with Crippen molar-refractivity contribution in [3.63, 3.8) is 0 Å². The smallest absolute Gasteiger partial charge is 0.158 e. The number of aryl methyl sites for hydroxylation is 1. The second-order valence-corrected chi connectivity index (χ2v) is 5.92. The molecule has 0 spiro atoms. The molecule has 2 aromatic heterocycles. The number of H-pyrrole nitrogens is 1. The Kier molecular flexibility index (Phi) is 3.55. The third-order valence-corrected chi connectivity index (χ3v) is 4.31. The molecule has 0 fully saturated rings. The number of phenolic OH excluding ortho intramolecular Hbond substituents is 2. The summed E-state index contributed by atoms with van der Waals surface area (Å²) >= 11 is 0. The Balaban J connectivity index is 2.14. The van der Waals surface area contributed by atoms with Crippen molar-refractivity contribution >= 4 is 11.0 Å². The molecule has 3 N–H and O–H groups in total. The van der Waals surface area contributed by atoms with E-state index in [1.54, 1.807) is 6.07 Å². The maximum atomic E-state index is 9.93. The van der Waals surface area contributed by atoms with E-state index in [0.29, 0.717) is 39.1 Å². The third kappa shape index (κ3) is 2.34. The van der Waals surface area contributed by atoms with Gasteiger partial charge >= 0.3 is 0 Å². The van der Waals surface area contributed by atoms with Gasteiger partial charge in [0.2, 0.25) is 0 Å². The van der Waals surface area contributed by atoms with E-state index in [4.69, 9.17) is 0 Å². The van der Waals surface area contributed by atoms with Gasteiger partial charge in [-0.2, -0.15) is 10.4 Å². The van der Waals surface area contributed by atoms with E-state index in [0.717, 1.165) is 5.56 Å². The number of aromatic amines is 1. The van der Waals surface area contributed by atoms with Gasteiger partial charge in [-0.05, 0) is 24.6 Å². The molecular formula is C20H14N4O2. The van der Waals surface area contributed by atoms with Crippen LogP contribution in [0.15, 0.2) is 48.5 Å². The zero-order valence-electron chi connectivity index (χ0n) is 13.9. The van der Waals surface area contributed by atoms with Crippen LogP contribution in [0.25, 0.3) is 33.4 Å². The topological polar surface area (TPSA) is 106 Å². The van der Waals surface area contributed by atoms with Gasteiger partial charge in [-0.25, -0.2) is 4.98 Å². The molecule has 0 saturated heterocycles. The van der Waals surface area contributed by atoms with Crippen LogP contribution in [0.4, 0.5) is 0 Å². The molecule has 2 aromatic carbocycles. The second-order valence-electron chi connectivity index (χ2n) is 5.92. The van der Waals surface area contributed by atoms with Gasteiger partial charge in [0.1, 0.15) is 6.07 Å². The molecule has 0 unspecified atom stereocenters. The van der Waals surface area contributed by atoms with Gasteiger partial charge in [0, 0.05) is 11.1 Å². The molecule has 126 valence electrons. The zero-order chi connectivity index (χ0) is 18.3. The number of nitrogens with zero attached hydrogens (tertiary/aromatic N) is 3. The minimum Gasteiger partial charge on any atom is -0.504 e. The highest BCUT2D eigenvalue weighted by Crippen LogP contribution is 2.39. The Bertz CT molecular complexity index is 1170. The molecule has 26 heavy (non-hydrogen) atoms. The molecule has 0 aliphatic heterocycles. The molecule has 0 saturated carbocycles. The summed E-state index contributed by atoms with van der Waals surface area (Å²) in [7, 11) is 0. The first-order valence-electron chi connectivity index (χ1n) is 7.96. The summed E-state index contributed by atoms with van der Waals surface area (Å²) in [5, 5.41) is 37.3. The largest absolute Gasteiger partial charge is 0.504 e. The van der Waals surface area contributed by atoms with Crippen molar-refractivity contribution in [2.75, 3.05) is 0 Å². The lowest BCUT2D eigenvalue weighted by molar-refractivity contribution is 0.404. The molecule has 0 amide bonds. The SMILES string of the molecule is Cc1n[nH]c2nc(-c3ccccc3)c(C#N)c(-c3ccc(O)c(O)c3)c12. The predicted molar refractivity (Wildman–Crippen MR) is 97.5 cm³/mol. The second kappa shape index (κ2) is 5.90. The van der Waals surface area contributed by atoms with Gasteiger partial charge in [-0.3, -0.25) is 5.10 Å². The van der Waals surface area contributed by atoms with Crippen LogP contribution in [0.2, 0.25) is 0 Å². The molecule has 4 rings (SSSR count). The first-order valence-corrected chi connectivity index (χ1v) is 7.96. The van der Waals surface area contributed by atoms with Crippen molar-refractivity contribution in [3.8, 4) is 40.0 Å². The minimum atomic E-state index is -0.251. The molecule has 0 atom stereocenters. The van der Waals surface area contributed by atoms with Crippen LogP contribution >= 0.6 is 0 Å². The van der Waals surface area contributed by atoms with Gasteiger partial charge in [0.05, 0.1) is 22.3 Å². The number of aromatic hydroxyl groups is 2. The normalized spacial score (nSPS) is 10.8. The Hall–Kier alpha value is -3.85. The summed E-state index contributed by atoms with van der Waals surface area (Å²) in [6.07, 6.45) is 0. The number of benzene rings is 2. The fraction of sp³-hybridized carbons (Fsp3) is 0.0500. The highest BCUT2D eigenvalue weighted by Gasteiger charge is 2.21. The summed E-state index contributed by atoms with van der Waals surface area (Å²) < 4.78 is 0. The van der Waals surface area contributed by atoms with E-state index < -0.39 is 0 Å². The fourth-order valence-electron chi connectivity index (χ4n) is 3.09. The maximum Gasteiger partial charge on any atom is 0.158 e. The number of nitrogens with one attached hydrogen (secondary N) is 1. The van der Waals surface area contributed by atoms with E-state index in [9.17, 15) is 15.5 Å². The van der Waals surface area contributed by atoms with E-state index in [1.165, 1.54) is 12.1 Å². The molecule has 4 aromatic rings. The Morgan fingerprint density at radius 2 is 1.77 bits per heavy atom. The standard InChI is InChI=1S/C20H14N4O2/c1-11-17-18(13-7-8-15(25)16(26)9-13)14(10-21)19(22-20(17)24-23-11)12-5-3-2-4-6-12/h2-9,25-26H,1H3,(H,22,23,24). The first kappa shape index (κ1) is 15.7. The molecule has 6 nitrogen and oxygen atoms in total. The fourth-order valence-corrected chi connectivity index (χ4v) is 3.09. The summed E-state index contributed by atoms with van der Waals surface area (Å²) in [5.74, 6) is -0.469. The van der Waals surface area contributed by atoms with Crippen LogP contribution in [0.5, 0.6) is 11.5 Å². The zero-order valence-corrected chi connectivity index (χ0v) is 13.9. The van der Waals surface area contributed by atoms with Crippen molar-refractivity contribution in [2.45, 2.75) is 6.92 Å². The quantitative estimate of drug-likeness (QED) is 0.479. The van der Waals surface area contributed by atoms with Crippen LogP contribution < -0.4 is 0 Å². The van der Waals surface area contributed by atoms with Crippen molar-refractivity contribution in [1.82, 2.24) is 15.2 Å². The number of rotatable bonds is 2. The van der Waals surface area contributed by atoms with Crippen molar-refractivity contribution in [3.05, 3.63) is 59.8 Å². The predicted octanol–water partition coefficient (Wildman–Crippen LogP) is 3.88. The van der Waals surface area contributed by atoms with Gasteiger partial charge < -0.3 is 10.2 Å². The highest BCUT2D eigenvalue weighted by molar-refractivity contribution is 6.01. The van der Waals surface area contributed by atoms with Gasteiger partial charge in [-0.15, -0.1) is 0 Å². The molecule has 0 bridgehead atoms. The van der Waals surface area contributed by atoms with Gasteiger partial charge in [0.15, 0.2) is 17.1 Å². The summed E-state index contributed by atoms with van der Waals surface area (Å²) in [6, 6.07) is 16.2. The van der Waals surface area contributed by atoms with E-state index in [-0.39, 0.29) is 11.5 Å². The highest BCUT2D eigenvalue weighted by atomic mass is 16.3. The average molecular weight is 342 g/mol. The van der Waals surface area contributed by atoms with Crippen LogP contribution in [0, 0.1) is 18.3 Å². The Labute approximate surface area is 149 Å². The lowest BCUT2D eigenvalue weighted by atomic mass is 9.93. The maximum absolute atomic E-state index is 9.93. The summed E-state index contributed by atoms with van der Waals surface area (Å²) in [4.78, 5) is 4.61. The van der Waals surface area contributed by atoms with Crippen LogP contribution in [0.1, 0.15) is 11.3 Å². The molecule has 0 aliphatic carbocycles. The summed E-state index contributed by atoms with van der Waals surface area (Å²) in [6.45, 7) is 1.83. The van der Waals surface area contributed by atoms with Crippen molar-refractivity contribution in [1.29, 1.82) is 5.26 Å². The van der Waals surface area contributed by atoms with Gasteiger partial charge in [0.25, 0.3) is 0 Å². The Morgan fingerprint density at radius 1 is 1.00 bits per heavy atom. The average Bonchev–Trinajstić information content (AvgIpc) is 3.04.